The minimum atomic E-state index is 0.380. The van der Waals surface area contributed by atoms with Crippen LogP contribution in [0, 0.1) is 11.8 Å². The number of ether oxygens (including phenoxy) is 2. The van der Waals surface area contributed by atoms with Gasteiger partial charge in [-0.1, -0.05) is 30.0 Å². The van der Waals surface area contributed by atoms with Crippen LogP contribution in [0.15, 0.2) is 24.3 Å². The number of methoxy groups -OCH3 is 2. The molecule has 0 atom stereocenters. The van der Waals surface area contributed by atoms with Gasteiger partial charge in [-0.3, -0.25) is 4.90 Å². The topological polar surface area (TPSA) is 47.7 Å². The predicted octanol–water partition coefficient (Wildman–Crippen LogP) is 1.09. The highest BCUT2D eigenvalue weighted by molar-refractivity contribution is 5.41. The molecule has 4 heteroatoms. The lowest BCUT2D eigenvalue weighted by Gasteiger charge is -2.22. The van der Waals surface area contributed by atoms with E-state index in [9.17, 15) is 0 Å². The molecule has 110 valence electrons. The largest absolute Gasteiger partial charge is 0.383 e. The van der Waals surface area contributed by atoms with Gasteiger partial charge in [0.05, 0.1) is 19.8 Å². The molecule has 20 heavy (non-hydrogen) atoms. The summed E-state index contributed by atoms with van der Waals surface area (Å²) in [5.41, 5.74) is 7.69. The highest BCUT2D eigenvalue weighted by Crippen LogP contribution is 2.10. The second-order valence-electron chi connectivity index (χ2n) is 4.42. The average Bonchev–Trinajstić information content (AvgIpc) is 2.49. The highest BCUT2D eigenvalue weighted by atomic mass is 16.5. The third-order valence-electron chi connectivity index (χ3n) is 2.96. The van der Waals surface area contributed by atoms with E-state index in [-0.39, 0.29) is 0 Å². The van der Waals surface area contributed by atoms with Gasteiger partial charge in [0.2, 0.25) is 0 Å². The normalized spacial score (nSPS) is 10.4. The van der Waals surface area contributed by atoms with Crippen molar-refractivity contribution < 1.29 is 9.47 Å². The van der Waals surface area contributed by atoms with Gasteiger partial charge in [0.25, 0.3) is 0 Å². The molecule has 1 aromatic carbocycles. The van der Waals surface area contributed by atoms with Gasteiger partial charge in [-0.25, -0.2) is 0 Å². The van der Waals surface area contributed by atoms with Crippen molar-refractivity contribution in [1.82, 2.24) is 4.90 Å². The van der Waals surface area contributed by atoms with Crippen molar-refractivity contribution in [3.05, 3.63) is 35.4 Å². The summed E-state index contributed by atoms with van der Waals surface area (Å²) in [6.45, 7) is 4.38. The zero-order valence-electron chi connectivity index (χ0n) is 12.4. The first-order valence-corrected chi connectivity index (χ1v) is 6.79. The molecule has 0 heterocycles. The van der Waals surface area contributed by atoms with Crippen LogP contribution in [0.1, 0.15) is 11.1 Å². The molecule has 0 aromatic heterocycles. The van der Waals surface area contributed by atoms with Crippen LogP contribution in [0.2, 0.25) is 0 Å². The lowest BCUT2D eigenvalue weighted by molar-refractivity contribution is 0.110. The van der Waals surface area contributed by atoms with Gasteiger partial charge >= 0.3 is 0 Å². The van der Waals surface area contributed by atoms with E-state index in [4.69, 9.17) is 15.2 Å². The van der Waals surface area contributed by atoms with Crippen LogP contribution in [0.5, 0.6) is 0 Å². The van der Waals surface area contributed by atoms with E-state index in [1.165, 1.54) is 5.56 Å². The zero-order valence-corrected chi connectivity index (χ0v) is 12.4. The van der Waals surface area contributed by atoms with Crippen molar-refractivity contribution in [1.29, 1.82) is 0 Å². The molecule has 4 nitrogen and oxygen atoms in total. The van der Waals surface area contributed by atoms with Gasteiger partial charge in [0.1, 0.15) is 0 Å². The Morgan fingerprint density at radius 3 is 2.35 bits per heavy atom. The minimum Gasteiger partial charge on any atom is -0.383 e. The van der Waals surface area contributed by atoms with E-state index in [1.54, 1.807) is 14.2 Å². The second-order valence-corrected chi connectivity index (χ2v) is 4.42. The van der Waals surface area contributed by atoms with Crippen LogP contribution in [0.25, 0.3) is 0 Å². The zero-order chi connectivity index (χ0) is 14.6. The first-order chi connectivity index (χ1) is 9.81. The fourth-order valence-corrected chi connectivity index (χ4v) is 1.88. The van der Waals surface area contributed by atoms with Gasteiger partial charge in [-0.2, -0.15) is 0 Å². The Bertz CT molecular complexity index is 430. The average molecular weight is 276 g/mol. The summed E-state index contributed by atoms with van der Waals surface area (Å²) in [6, 6.07) is 8.17. The predicted molar refractivity (Wildman–Crippen MR) is 81.4 cm³/mol. The van der Waals surface area contributed by atoms with E-state index < -0.39 is 0 Å². The maximum Gasteiger partial charge on any atom is 0.0589 e. The molecule has 2 N–H and O–H groups in total. The molecule has 0 saturated heterocycles. The van der Waals surface area contributed by atoms with Crippen LogP contribution < -0.4 is 5.73 Å². The third kappa shape index (κ3) is 6.18. The van der Waals surface area contributed by atoms with E-state index in [1.807, 2.05) is 18.2 Å². The number of hydrogen-bond donors (Lipinski definition) is 1. The Balaban J connectivity index is 2.75. The molecule has 0 bridgehead atoms. The molecular formula is C16H24N2O2. The molecule has 0 aliphatic carbocycles. The number of nitrogens with two attached hydrogens (primary N) is 1. The number of nitrogens with zero attached hydrogens (tertiary/aromatic N) is 1. The lowest BCUT2D eigenvalue weighted by Crippen LogP contribution is -2.30. The summed E-state index contributed by atoms with van der Waals surface area (Å²) in [7, 11) is 3.43. The van der Waals surface area contributed by atoms with Gasteiger partial charge < -0.3 is 15.2 Å². The van der Waals surface area contributed by atoms with E-state index in [0.29, 0.717) is 19.8 Å². The summed E-state index contributed by atoms with van der Waals surface area (Å²) in [4.78, 5) is 2.30. The quantitative estimate of drug-likeness (QED) is 0.722. The molecule has 0 amide bonds. The molecular weight excluding hydrogens is 252 g/mol. The first-order valence-electron chi connectivity index (χ1n) is 6.79. The Hall–Kier alpha value is -1.38. The van der Waals surface area contributed by atoms with Crippen molar-refractivity contribution in [3.8, 4) is 11.8 Å². The van der Waals surface area contributed by atoms with E-state index in [2.05, 4.69) is 22.8 Å². The molecule has 0 aliphatic rings. The molecule has 0 saturated carbocycles. The summed E-state index contributed by atoms with van der Waals surface area (Å²) >= 11 is 0. The standard InChI is InChI=1S/C16H24N2O2/c1-19-12-10-18(11-13-20-2)14-16-7-4-3-6-15(16)8-5-9-17/h3-4,6-7H,9-14,17H2,1-2H3. The second kappa shape index (κ2) is 10.4. The molecule has 0 radical (unpaired) electrons. The third-order valence-corrected chi connectivity index (χ3v) is 2.96. The Morgan fingerprint density at radius 2 is 1.75 bits per heavy atom. The fourth-order valence-electron chi connectivity index (χ4n) is 1.88. The van der Waals surface area contributed by atoms with Crippen LogP contribution >= 0.6 is 0 Å². The van der Waals surface area contributed by atoms with Crippen LogP contribution in [0.4, 0.5) is 0 Å². The van der Waals surface area contributed by atoms with E-state index in [0.717, 1.165) is 25.2 Å². The summed E-state index contributed by atoms with van der Waals surface area (Å²) in [6.07, 6.45) is 0. The summed E-state index contributed by atoms with van der Waals surface area (Å²) in [5.74, 6) is 6.04. The maximum atomic E-state index is 5.44. The fraction of sp³-hybridized carbons (Fsp3) is 0.500. The summed E-state index contributed by atoms with van der Waals surface area (Å²) in [5, 5.41) is 0. The van der Waals surface area contributed by atoms with E-state index >= 15 is 0 Å². The number of benzene rings is 1. The smallest absolute Gasteiger partial charge is 0.0589 e. The molecule has 0 aliphatic heterocycles. The Kier molecular flexibility index (Phi) is 8.68. The molecule has 1 aromatic rings. The number of rotatable bonds is 8. The van der Waals surface area contributed by atoms with Crippen LogP contribution in [-0.2, 0) is 16.0 Å². The summed E-state index contributed by atoms with van der Waals surface area (Å²) < 4.78 is 10.3. The number of hydrogen-bond acceptors (Lipinski definition) is 4. The van der Waals surface area contributed by atoms with Crippen molar-refractivity contribution in [2.75, 3.05) is 47.1 Å². The van der Waals surface area contributed by atoms with Crippen LogP contribution in [-0.4, -0.2) is 52.0 Å². The van der Waals surface area contributed by atoms with Gasteiger partial charge in [0.15, 0.2) is 0 Å². The minimum absolute atomic E-state index is 0.380. The van der Waals surface area contributed by atoms with Gasteiger partial charge in [0, 0.05) is 39.4 Å². The Morgan fingerprint density at radius 1 is 1.10 bits per heavy atom. The molecule has 0 fully saturated rings. The van der Waals surface area contributed by atoms with Crippen molar-refractivity contribution in [2.24, 2.45) is 5.73 Å². The Labute approximate surface area is 121 Å². The molecule has 0 unspecified atom stereocenters. The monoisotopic (exact) mass is 276 g/mol. The van der Waals surface area contributed by atoms with Gasteiger partial charge in [-0.05, 0) is 11.6 Å². The SMILES string of the molecule is COCCN(CCOC)Cc1ccccc1C#CCN. The maximum absolute atomic E-state index is 5.44. The van der Waals surface area contributed by atoms with Crippen LogP contribution in [0.3, 0.4) is 0 Å². The van der Waals surface area contributed by atoms with Crippen molar-refractivity contribution >= 4 is 0 Å². The first kappa shape index (κ1) is 16.7. The van der Waals surface area contributed by atoms with Crippen molar-refractivity contribution in [2.45, 2.75) is 6.54 Å². The lowest BCUT2D eigenvalue weighted by atomic mass is 10.1. The van der Waals surface area contributed by atoms with Gasteiger partial charge in [-0.15, -0.1) is 0 Å². The molecule has 0 spiro atoms. The molecule has 1 rings (SSSR count). The van der Waals surface area contributed by atoms with Crippen molar-refractivity contribution in [3.63, 3.8) is 0 Å². The highest BCUT2D eigenvalue weighted by Gasteiger charge is 2.08.